The number of hydrogen-bond donors (Lipinski definition) is 1. The first-order valence-corrected chi connectivity index (χ1v) is 8.46. The topological polar surface area (TPSA) is 64.6 Å². The Morgan fingerprint density at radius 1 is 1.00 bits per heavy atom. The van der Waals surface area contributed by atoms with E-state index in [2.05, 4.69) is 4.72 Å². The van der Waals surface area contributed by atoms with Crippen LogP contribution >= 0.6 is 0 Å². The van der Waals surface area contributed by atoms with Crippen LogP contribution in [0.2, 0.25) is 0 Å². The molecule has 2 aromatic rings. The van der Waals surface area contributed by atoms with Crippen LogP contribution in [0.15, 0.2) is 41.3 Å². The van der Waals surface area contributed by atoms with Crippen molar-refractivity contribution in [2.45, 2.75) is 17.9 Å². The smallest absolute Gasteiger partial charge is 0.241 e. The van der Waals surface area contributed by atoms with Gasteiger partial charge in [0.2, 0.25) is 10.0 Å². The summed E-state index contributed by atoms with van der Waals surface area (Å²) in [6.07, 6.45) is 0. The van der Waals surface area contributed by atoms with Crippen molar-refractivity contribution in [3.63, 3.8) is 0 Å². The molecule has 8 heteroatoms. The summed E-state index contributed by atoms with van der Waals surface area (Å²) in [4.78, 5) is -0.0606. The van der Waals surface area contributed by atoms with Gasteiger partial charge in [0.05, 0.1) is 19.1 Å². The van der Waals surface area contributed by atoms with Crippen molar-refractivity contribution in [2.24, 2.45) is 0 Å². The normalized spacial score (nSPS) is 12.7. The van der Waals surface area contributed by atoms with Crippen LogP contribution in [0, 0.1) is 11.6 Å². The van der Waals surface area contributed by atoms with Crippen LogP contribution in [-0.4, -0.2) is 22.6 Å². The minimum atomic E-state index is -3.94. The molecule has 0 saturated carbocycles. The molecule has 0 fully saturated rings. The lowest BCUT2D eigenvalue weighted by Gasteiger charge is -2.16. The maximum atomic E-state index is 13.8. The lowest BCUT2D eigenvalue weighted by molar-refractivity contribution is 0.354. The molecule has 0 unspecified atom stereocenters. The molecule has 1 atom stereocenters. The van der Waals surface area contributed by atoms with Crippen LogP contribution in [0.1, 0.15) is 18.5 Å². The Kier molecular flexibility index (Phi) is 5.40. The molecule has 0 bridgehead atoms. The average Bonchev–Trinajstić information content (AvgIpc) is 2.53. The van der Waals surface area contributed by atoms with Gasteiger partial charge in [-0.25, -0.2) is 21.9 Å². The van der Waals surface area contributed by atoms with Crippen LogP contribution in [-0.2, 0) is 10.0 Å². The Balaban J connectivity index is 2.30. The van der Waals surface area contributed by atoms with Gasteiger partial charge in [-0.2, -0.15) is 0 Å². The van der Waals surface area contributed by atoms with E-state index in [9.17, 15) is 17.2 Å². The van der Waals surface area contributed by atoms with E-state index in [-0.39, 0.29) is 16.2 Å². The van der Waals surface area contributed by atoms with Gasteiger partial charge < -0.3 is 9.47 Å². The largest absolute Gasteiger partial charge is 0.493 e. The predicted molar refractivity (Wildman–Crippen MR) is 84.6 cm³/mol. The van der Waals surface area contributed by atoms with E-state index in [4.69, 9.17) is 9.47 Å². The fourth-order valence-corrected chi connectivity index (χ4v) is 3.44. The van der Waals surface area contributed by atoms with Gasteiger partial charge in [-0.15, -0.1) is 0 Å². The Labute approximate surface area is 139 Å². The number of hydrogen-bond acceptors (Lipinski definition) is 4. The fraction of sp³-hybridized carbons (Fsp3) is 0.250. The van der Waals surface area contributed by atoms with Crippen molar-refractivity contribution in [3.8, 4) is 11.5 Å². The maximum absolute atomic E-state index is 13.8. The lowest BCUT2D eigenvalue weighted by atomic mass is 10.1. The Morgan fingerprint density at radius 2 is 1.67 bits per heavy atom. The summed E-state index contributed by atoms with van der Waals surface area (Å²) in [7, 11) is -1.12. The van der Waals surface area contributed by atoms with Crippen LogP contribution < -0.4 is 14.2 Å². The monoisotopic (exact) mass is 357 g/mol. The molecule has 0 saturated heterocycles. The molecule has 0 aliphatic carbocycles. The third kappa shape index (κ3) is 3.82. The lowest BCUT2D eigenvalue weighted by Crippen LogP contribution is -2.27. The molecule has 0 radical (unpaired) electrons. The van der Waals surface area contributed by atoms with Crippen LogP contribution in [0.4, 0.5) is 8.78 Å². The van der Waals surface area contributed by atoms with E-state index in [1.165, 1.54) is 45.4 Å². The third-order valence-corrected chi connectivity index (χ3v) is 4.96. The summed E-state index contributed by atoms with van der Waals surface area (Å²) in [6.45, 7) is 1.47. The van der Waals surface area contributed by atoms with E-state index in [1.807, 2.05) is 0 Å². The maximum Gasteiger partial charge on any atom is 0.241 e. The van der Waals surface area contributed by atoms with E-state index < -0.39 is 27.7 Å². The molecular formula is C16H17F2NO4S. The quantitative estimate of drug-likeness (QED) is 0.863. The Morgan fingerprint density at radius 3 is 2.25 bits per heavy atom. The second-order valence-corrected chi connectivity index (χ2v) is 6.74. The zero-order chi connectivity index (χ0) is 17.9. The van der Waals surface area contributed by atoms with Crippen molar-refractivity contribution < 1.29 is 26.7 Å². The number of nitrogens with one attached hydrogen (secondary N) is 1. The molecule has 0 aliphatic heterocycles. The highest BCUT2D eigenvalue weighted by molar-refractivity contribution is 7.89. The van der Waals surface area contributed by atoms with E-state index in [0.29, 0.717) is 11.8 Å². The molecular weight excluding hydrogens is 340 g/mol. The molecule has 2 rings (SSSR count). The summed E-state index contributed by atoms with van der Waals surface area (Å²) >= 11 is 0. The van der Waals surface area contributed by atoms with Crippen LogP contribution in [0.5, 0.6) is 11.5 Å². The van der Waals surface area contributed by atoms with Crippen molar-refractivity contribution in [1.82, 2.24) is 4.72 Å². The summed E-state index contributed by atoms with van der Waals surface area (Å²) in [5.74, 6) is -0.918. The first-order chi connectivity index (χ1) is 11.3. The summed E-state index contributed by atoms with van der Waals surface area (Å²) < 4.78 is 64.1. The van der Waals surface area contributed by atoms with Gasteiger partial charge in [0.15, 0.2) is 11.5 Å². The molecule has 130 valence electrons. The van der Waals surface area contributed by atoms with Crippen LogP contribution in [0.25, 0.3) is 0 Å². The number of sulfonamides is 1. The first kappa shape index (κ1) is 18.2. The number of methoxy groups -OCH3 is 2. The molecule has 1 N–H and O–H groups in total. The van der Waals surface area contributed by atoms with Gasteiger partial charge in [-0.05, 0) is 25.1 Å². The summed E-state index contributed by atoms with van der Waals surface area (Å²) in [5.41, 5.74) is 0.0421. The standard InChI is InChI=1S/C16H17F2NO4S/c1-10(13-6-4-11(17)8-14(13)18)19-24(20,21)12-5-7-15(22-2)16(9-12)23-3/h4-10,19H,1-3H3/t10-/m0/s1. The minimum absolute atomic E-state index is 0.0421. The first-order valence-electron chi connectivity index (χ1n) is 6.98. The molecule has 24 heavy (non-hydrogen) atoms. The molecule has 2 aromatic carbocycles. The number of rotatable bonds is 6. The third-order valence-electron chi connectivity index (χ3n) is 3.43. The van der Waals surface area contributed by atoms with Gasteiger partial charge in [0.1, 0.15) is 11.6 Å². The van der Waals surface area contributed by atoms with E-state index in [1.54, 1.807) is 0 Å². The van der Waals surface area contributed by atoms with Crippen molar-refractivity contribution in [3.05, 3.63) is 53.6 Å². The van der Waals surface area contributed by atoms with E-state index in [0.717, 1.165) is 6.07 Å². The molecule has 0 aromatic heterocycles. The van der Waals surface area contributed by atoms with Crippen molar-refractivity contribution >= 4 is 10.0 Å². The SMILES string of the molecule is COc1ccc(S(=O)(=O)N[C@@H](C)c2ccc(F)cc2F)cc1OC. The zero-order valence-electron chi connectivity index (χ0n) is 13.3. The predicted octanol–water partition coefficient (Wildman–Crippen LogP) is 3.02. The average molecular weight is 357 g/mol. The number of halogens is 2. The number of ether oxygens (including phenoxy) is 2. The second-order valence-electron chi connectivity index (χ2n) is 5.03. The summed E-state index contributed by atoms with van der Waals surface area (Å²) in [5, 5.41) is 0. The Hall–Kier alpha value is -2.19. The fourth-order valence-electron chi connectivity index (χ4n) is 2.20. The minimum Gasteiger partial charge on any atom is -0.493 e. The zero-order valence-corrected chi connectivity index (χ0v) is 14.2. The van der Waals surface area contributed by atoms with Gasteiger partial charge in [-0.1, -0.05) is 6.07 Å². The highest BCUT2D eigenvalue weighted by Crippen LogP contribution is 2.30. The molecule has 0 spiro atoms. The van der Waals surface area contributed by atoms with Crippen molar-refractivity contribution in [1.29, 1.82) is 0 Å². The highest BCUT2D eigenvalue weighted by atomic mass is 32.2. The number of benzene rings is 2. The van der Waals surface area contributed by atoms with Crippen LogP contribution in [0.3, 0.4) is 0 Å². The molecule has 5 nitrogen and oxygen atoms in total. The molecule has 0 aliphatic rings. The van der Waals surface area contributed by atoms with Gasteiger partial charge in [0, 0.05) is 23.7 Å². The van der Waals surface area contributed by atoms with Gasteiger partial charge in [0.25, 0.3) is 0 Å². The molecule has 0 amide bonds. The Bertz CT molecular complexity index is 840. The van der Waals surface area contributed by atoms with E-state index >= 15 is 0 Å². The summed E-state index contributed by atoms with van der Waals surface area (Å²) in [6, 6.07) is 6.19. The van der Waals surface area contributed by atoms with Crippen molar-refractivity contribution in [2.75, 3.05) is 14.2 Å². The van der Waals surface area contributed by atoms with Gasteiger partial charge >= 0.3 is 0 Å². The highest BCUT2D eigenvalue weighted by Gasteiger charge is 2.22. The molecule has 0 heterocycles. The van der Waals surface area contributed by atoms with Gasteiger partial charge in [-0.3, -0.25) is 0 Å². The second kappa shape index (κ2) is 7.14.